The maximum absolute atomic E-state index is 8.93. The highest BCUT2D eigenvalue weighted by Crippen LogP contribution is 1.97. The Labute approximate surface area is 56.7 Å². The van der Waals surface area contributed by atoms with Crippen LogP contribution in [0.25, 0.3) is 0 Å². The maximum Gasteiger partial charge on any atom is 0.0721 e. The lowest BCUT2D eigenvalue weighted by Crippen LogP contribution is -1.98. The van der Waals surface area contributed by atoms with E-state index in [1.807, 2.05) is 19.1 Å². The quantitative estimate of drug-likeness (QED) is 0.570. The Kier molecular flexibility index (Phi) is 5.23. The van der Waals surface area contributed by atoms with E-state index in [1.54, 1.807) is 6.08 Å². The van der Waals surface area contributed by atoms with Crippen LogP contribution in [-0.4, -0.2) is 11.2 Å². The first kappa shape index (κ1) is 8.44. The van der Waals surface area contributed by atoms with Crippen LogP contribution in [0.5, 0.6) is 0 Å². The summed E-state index contributed by atoms with van der Waals surface area (Å²) < 4.78 is 0. The SMILES string of the molecule is C=CC(O)CCC=CC. The highest BCUT2D eigenvalue weighted by molar-refractivity contribution is 4.83. The first-order chi connectivity index (χ1) is 4.31. The molecule has 1 heteroatoms. The van der Waals surface area contributed by atoms with Gasteiger partial charge in [-0.1, -0.05) is 18.2 Å². The van der Waals surface area contributed by atoms with E-state index in [2.05, 4.69) is 6.58 Å². The molecule has 52 valence electrons. The van der Waals surface area contributed by atoms with Crippen molar-refractivity contribution in [3.63, 3.8) is 0 Å². The van der Waals surface area contributed by atoms with Crippen LogP contribution < -0.4 is 0 Å². The second kappa shape index (κ2) is 5.57. The van der Waals surface area contributed by atoms with Crippen LogP contribution in [0, 0.1) is 0 Å². The molecule has 1 unspecified atom stereocenters. The van der Waals surface area contributed by atoms with Crippen molar-refractivity contribution in [3.8, 4) is 0 Å². The molecule has 1 N–H and O–H groups in total. The van der Waals surface area contributed by atoms with E-state index in [1.165, 1.54) is 0 Å². The molecule has 0 fully saturated rings. The second-order valence-electron chi connectivity index (χ2n) is 1.95. The highest BCUT2D eigenvalue weighted by Gasteiger charge is 1.92. The van der Waals surface area contributed by atoms with Gasteiger partial charge >= 0.3 is 0 Å². The summed E-state index contributed by atoms with van der Waals surface area (Å²) in [5, 5.41) is 8.93. The number of allylic oxidation sites excluding steroid dienone is 2. The topological polar surface area (TPSA) is 20.2 Å². The van der Waals surface area contributed by atoms with Crippen molar-refractivity contribution in [1.29, 1.82) is 0 Å². The van der Waals surface area contributed by atoms with Crippen molar-refractivity contribution in [2.24, 2.45) is 0 Å². The summed E-state index contributed by atoms with van der Waals surface area (Å²) in [6.07, 6.45) is 6.96. The van der Waals surface area contributed by atoms with E-state index in [4.69, 9.17) is 5.11 Å². The normalized spacial score (nSPS) is 14.0. The van der Waals surface area contributed by atoms with Gasteiger partial charge in [-0.2, -0.15) is 0 Å². The molecule has 1 atom stereocenters. The molecule has 0 aromatic rings. The summed E-state index contributed by atoms with van der Waals surface area (Å²) in [7, 11) is 0. The molecular weight excluding hydrogens is 112 g/mol. The minimum Gasteiger partial charge on any atom is -0.389 e. The fraction of sp³-hybridized carbons (Fsp3) is 0.500. The van der Waals surface area contributed by atoms with Gasteiger partial charge in [0.25, 0.3) is 0 Å². The van der Waals surface area contributed by atoms with Gasteiger partial charge in [-0.05, 0) is 19.8 Å². The molecule has 0 amide bonds. The van der Waals surface area contributed by atoms with E-state index in [-0.39, 0.29) is 6.10 Å². The average Bonchev–Trinajstić information content (AvgIpc) is 1.89. The van der Waals surface area contributed by atoms with Gasteiger partial charge in [-0.3, -0.25) is 0 Å². The third-order valence-electron chi connectivity index (χ3n) is 1.14. The molecule has 0 aromatic carbocycles. The lowest BCUT2D eigenvalue weighted by Gasteiger charge is -1.99. The van der Waals surface area contributed by atoms with Crippen LogP contribution in [0.4, 0.5) is 0 Å². The molecule has 0 aliphatic carbocycles. The third-order valence-corrected chi connectivity index (χ3v) is 1.14. The predicted molar refractivity (Wildman–Crippen MR) is 40.3 cm³/mol. The van der Waals surface area contributed by atoms with Gasteiger partial charge in [0.05, 0.1) is 6.10 Å². The molecular formula is C8H14O. The number of rotatable bonds is 4. The van der Waals surface area contributed by atoms with Gasteiger partial charge in [0.15, 0.2) is 0 Å². The first-order valence-electron chi connectivity index (χ1n) is 3.23. The summed E-state index contributed by atoms with van der Waals surface area (Å²) >= 11 is 0. The molecule has 0 spiro atoms. The van der Waals surface area contributed by atoms with Gasteiger partial charge in [0.1, 0.15) is 0 Å². The molecule has 0 aliphatic rings. The van der Waals surface area contributed by atoms with E-state index < -0.39 is 0 Å². The molecule has 9 heavy (non-hydrogen) atoms. The van der Waals surface area contributed by atoms with Gasteiger partial charge in [0, 0.05) is 0 Å². The van der Waals surface area contributed by atoms with E-state index >= 15 is 0 Å². The zero-order valence-electron chi connectivity index (χ0n) is 5.88. The average molecular weight is 126 g/mol. The highest BCUT2D eigenvalue weighted by atomic mass is 16.3. The zero-order valence-corrected chi connectivity index (χ0v) is 5.88. The van der Waals surface area contributed by atoms with Crippen molar-refractivity contribution in [3.05, 3.63) is 24.8 Å². The molecule has 0 aromatic heterocycles. The Morgan fingerprint density at radius 3 is 2.78 bits per heavy atom. The molecule has 0 heterocycles. The summed E-state index contributed by atoms with van der Waals surface area (Å²) in [5.74, 6) is 0. The van der Waals surface area contributed by atoms with Crippen molar-refractivity contribution < 1.29 is 5.11 Å². The standard InChI is InChI=1S/C8H14O/c1-3-5-6-7-8(9)4-2/h3-5,8-9H,2,6-7H2,1H3. The zero-order chi connectivity index (χ0) is 7.11. The van der Waals surface area contributed by atoms with Crippen LogP contribution in [0.2, 0.25) is 0 Å². The lowest BCUT2D eigenvalue weighted by molar-refractivity contribution is 0.214. The Balaban J connectivity index is 3.16. The molecule has 0 aliphatic heterocycles. The minimum atomic E-state index is -0.332. The number of hydrogen-bond donors (Lipinski definition) is 1. The number of hydrogen-bond acceptors (Lipinski definition) is 1. The Hall–Kier alpha value is -0.560. The van der Waals surface area contributed by atoms with Gasteiger partial charge in [-0.15, -0.1) is 6.58 Å². The van der Waals surface area contributed by atoms with Crippen LogP contribution in [-0.2, 0) is 0 Å². The van der Waals surface area contributed by atoms with Crippen molar-refractivity contribution in [2.75, 3.05) is 0 Å². The van der Waals surface area contributed by atoms with E-state index in [9.17, 15) is 0 Å². The fourth-order valence-corrected chi connectivity index (χ4v) is 0.552. The molecule has 0 bridgehead atoms. The van der Waals surface area contributed by atoms with Gasteiger partial charge in [-0.25, -0.2) is 0 Å². The minimum absolute atomic E-state index is 0.332. The van der Waals surface area contributed by atoms with Crippen LogP contribution in [0.1, 0.15) is 19.8 Å². The monoisotopic (exact) mass is 126 g/mol. The van der Waals surface area contributed by atoms with Crippen LogP contribution in [0.3, 0.4) is 0 Å². The van der Waals surface area contributed by atoms with Crippen LogP contribution >= 0.6 is 0 Å². The van der Waals surface area contributed by atoms with Gasteiger partial charge < -0.3 is 5.11 Å². The maximum atomic E-state index is 8.93. The molecule has 1 nitrogen and oxygen atoms in total. The second-order valence-corrected chi connectivity index (χ2v) is 1.95. The third kappa shape index (κ3) is 5.31. The Morgan fingerprint density at radius 2 is 2.33 bits per heavy atom. The lowest BCUT2D eigenvalue weighted by atomic mass is 10.2. The largest absolute Gasteiger partial charge is 0.389 e. The van der Waals surface area contributed by atoms with Crippen molar-refractivity contribution >= 4 is 0 Å². The smallest absolute Gasteiger partial charge is 0.0721 e. The van der Waals surface area contributed by atoms with E-state index in [0.717, 1.165) is 12.8 Å². The molecule has 0 saturated heterocycles. The fourth-order valence-electron chi connectivity index (χ4n) is 0.552. The summed E-state index contributed by atoms with van der Waals surface area (Å²) in [5.41, 5.74) is 0. The Bertz CT molecular complexity index is 94.7. The summed E-state index contributed by atoms with van der Waals surface area (Å²) in [6, 6.07) is 0. The van der Waals surface area contributed by atoms with Crippen LogP contribution in [0.15, 0.2) is 24.8 Å². The molecule has 0 saturated carbocycles. The van der Waals surface area contributed by atoms with Crippen molar-refractivity contribution in [1.82, 2.24) is 0 Å². The molecule has 0 rings (SSSR count). The summed E-state index contributed by atoms with van der Waals surface area (Å²) in [6.45, 7) is 5.44. The number of aliphatic hydroxyl groups excluding tert-OH is 1. The van der Waals surface area contributed by atoms with Crippen molar-refractivity contribution in [2.45, 2.75) is 25.9 Å². The summed E-state index contributed by atoms with van der Waals surface area (Å²) in [4.78, 5) is 0. The first-order valence-corrected chi connectivity index (χ1v) is 3.23. The van der Waals surface area contributed by atoms with Gasteiger partial charge in [0.2, 0.25) is 0 Å². The molecule has 0 radical (unpaired) electrons. The number of aliphatic hydroxyl groups is 1. The Morgan fingerprint density at radius 1 is 1.67 bits per heavy atom. The van der Waals surface area contributed by atoms with E-state index in [0.29, 0.717) is 0 Å². The predicted octanol–water partition coefficient (Wildman–Crippen LogP) is 1.89.